The summed E-state index contributed by atoms with van der Waals surface area (Å²) < 4.78 is 3.00. The summed E-state index contributed by atoms with van der Waals surface area (Å²) in [7, 11) is 3.88. The van der Waals surface area contributed by atoms with Gasteiger partial charge in [0.15, 0.2) is 11.2 Å². The molecule has 0 amide bonds. The van der Waals surface area contributed by atoms with Gasteiger partial charge in [0, 0.05) is 13.1 Å². The maximum atomic E-state index is 11.9. The zero-order valence-corrected chi connectivity index (χ0v) is 12.6. The van der Waals surface area contributed by atoms with Gasteiger partial charge in [-0.2, -0.15) is 0 Å². The quantitative estimate of drug-likeness (QED) is 0.817. The predicted molar refractivity (Wildman–Crippen MR) is 78.5 cm³/mol. The molecule has 2 aromatic rings. The van der Waals surface area contributed by atoms with Crippen LogP contribution in [0, 0.1) is 0 Å². The molecule has 0 bridgehead atoms. The minimum absolute atomic E-state index is 0. The monoisotopic (exact) mass is 302 g/mol. The minimum Gasteiger partial charge on any atom is -0.308 e. The maximum Gasteiger partial charge on any atom is 0.330 e. The molecule has 0 unspecified atom stereocenters. The molecule has 9 heteroatoms. The number of nitrogens with zero attached hydrogens (tertiary/aromatic N) is 5. The van der Waals surface area contributed by atoms with Crippen LogP contribution in [0.5, 0.6) is 0 Å². The Morgan fingerprint density at radius 2 is 1.95 bits per heavy atom. The van der Waals surface area contributed by atoms with Crippen molar-refractivity contribution in [2.24, 2.45) is 0 Å². The number of halogens is 1. The van der Waals surface area contributed by atoms with Gasteiger partial charge in [-0.1, -0.05) is 12.1 Å². The summed E-state index contributed by atoms with van der Waals surface area (Å²) >= 11 is 0. The number of fused-ring (bicyclic) bond motifs is 1. The first-order chi connectivity index (χ1) is 9.04. The van der Waals surface area contributed by atoms with E-state index in [4.69, 9.17) is 0 Å². The fraction of sp³-hybridized carbons (Fsp3) is 0.636. The van der Waals surface area contributed by atoms with Crippen LogP contribution in [0.15, 0.2) is 9.59 Å². The van der Waals surface area contributed by atoms with E-state index in [9.17, 15) is 9.59 Å². The summed E-state index contributed by atoms with van der Waals surface area (Å²) in [4.78, 5) is 27.9. The Hall–Kier alpha value is -1.67. The maximum absolute atomic E-state index is 11.9. The van der Waals surface area contributed by atoms with Gasteiger partial charge in [0.05, 0.1) is 6.54 Å². The van der Waals surface area contributed by atoms with Crippen LogP contribution < -0.4 is 11.2 Å². The Balaban J connectivity index is 0.00000200. The topological polar surface area (TPSA) is 88.8 Å². The first-order valence-corrected chi connectivity index (χ1v) is 6.25. The molecule has 2 aromatic heterocycles. The van der Waals surface area contributed by atoms with E-state index >= 15 is 0 Å². The van der Waals surface area contributed by atoms with Gasteiger partial charge in [-0.15, -0.1) is 17.5 Å². The first kappa shape index (κ1) is 16.4. The van der Waals surface area contributed by atoms with Gasteiger partial charge in [0.2, 0.25) is 0 Å². The highest BCUT2D eigenvalue weighted by Gasteiger charge is 2.14. The van der Waals surface area contributed by atoms with Crippen LogP contribution in [-0.2, 0) is 13.1 Å². The molecule has 0 aromatic carbocycles. The van der Waals surface area contributed by atoms with E-state index < -0.39 is 11.2 Å². The van der Waals surface area contributed by atoms with E-state index in [0.29, 0.717) is 24.3 Å². The number of hydrogen-bond acceptors (Lipinski definition) is 5. The average molecular weight is 303 g/mol. The van der Waals surface area contributed by atoms with Gasteiger partial charge in [-0.05, 0) is 20.5 Å². The van der Waals surface area contributed by atoms with Crippen LogP contribution in [0.25, 0.3) is 11.2 Å². The summed E-state index contributed by atoms with van der Waals surface area (Å²) in [6.07, 6.45) is 0.783. The average Bonchev–Trinajstić information content (AvgIpc) is 2.76. The molecule has 2 heterocycles. The van der Waals surface area contributed by atoms with Gasteiger partial charge < -0.3 is 4.90 Å². The van der Waals surface area contributed by atoms with Gasteiger partial charge in [-0.3, -0.25) is 14.3 Å². The van der Waals surface area contributed by atoms with Gasteiger partial charge in [0.1, 0.15) is 0 Å². The molecule has 0 aliphatic carbocycles. The number of aryl methyl sites for hydroxylation is 1. The lowest BCUT2D eigenvalue weighted by atomic mass is 10.4. The second-order valence-electron chi connectivity index (χ2n) is 4.70. The first-order valence-electron chi connectivity index (χ1n) is 6.25. The third kappa shape index (κ3) is 3.07. The zero-order valence-electron chi connectivity index (χ0n) is 11.8. The zero-order chi connectivity index (χ0) is 14.0. The van der Waals surface area contributed by atoms with Crippen molar-refractivity contribution in [1.29, 1.82) is 0 Å². The summed E-state index contributed by atoms with van der Waals surface area (Å²) in [6, 6.07) is 0. The summed E-state index contributed by atoms with van der Waals surface area (Å²) in [5.74, 6) is 0. The highest BCUT2D eigenvalue weighted by Crippen LogP contribution is 2.04. The number of nitrogens with one attached hydrogen (secondary N) is 1. The fourth-order valence-electron chi connectivity index (χ4n) is 1.91. The van der Waals surface area contributed by atoms with E-state index in [1.54, 1.807) is 4.68 Å². The molecule has 112 valence electrons. The van der Waals surface area contributed by atoms with Crippen molar-refractivity contribution in [3.05, 3.63) is 20.8 Å². The molecule has 0 spiro atoms. The van der Waals surface area contributed by atoms with Crippen molar-refractivity contribution in [3.8, 4) is 0 Å². The third-order valence-electron chi connectivity index (χ3n) is 2.86. The van der Waals surface area contributed by atoms with E-state index in [1.807, 2.05) is 25.9 Å². The van der Waals surface area contributed by atoms with E-state index in [-0.39, 0.29) is 12.4 Å². The van der Waals surface area contributed by atoms with Crippen LogP contribution in [0.1, 0.15) is 13.3 Å². The lowest BCUT2D eigenvalue weighted by molar-refractivity contribution is 0.374. The molecule has 0 saturated heterocycles. The van der Waals surface area contributed by atoms with Crippen molar-refractivity contribution < 1.29 is 0 Å². The highest BCUT2D eigenvalue weighted by molar-refractivity contribution is 5.85. The number of likely N-dealkylation sites (N-methyl/N-ethyl adjacent to an activating group) is 1. The van der Waals surface area contributed by atoms with Gasteiger partial charge in [-0.25, -0.2) is 9.48 Å². The highest BCUT2D eigenvalue weighted by atomic mass is 35.5. The van der Waals surface area contributed by atoms with Crippen molar-refractivity contribution in [2.75, 3.05) is 20.6 Å². The molecule has 0 fully saturated rings. The molecular weight excluding hydrogens is 284 g/mol. The Labute approximate surface area is 121 Å². The lowest BCUT2D eigenvalue weighted by Crippen LogP contribution is -2.31. The molecule has 0 saturated carbocycles. The normalized spacial score (nSPS) is 11.0. The number of H-pyrrole nitrogens is 1. The summed E-state index contributed by atoms with van der Waals surface area (Å²) in [5, 5.41) is 7.95. The Morgan fingerprint density at radius 3 is 2.55 bits per heavy atom. The predicted octanol–water partition coefficient (Wildman–Crippen LogP) is -0.325. The van der Waals surface area contributed by atoms with Crippen LogP contribution in [0.3, 0.4) is 0 Å². The molecule has 20 heavy (non-hydrogen) atoms. The van der Waals surface area contributed by atoms with Crippen LogP contribution in [-0.4, -0.2) is 50.1 Å². The molecule has 1 N–H and O–H groups in total. The standard InChI is InChI=1S/C11H18N6O2.ClH/c1-4-5-16-9-8(10(18)12-11(16)19)17(14-13-9)7-6-15(2)3;/h4-7H2,1-3H3,(H,12,18,19);1H. The second kappa shape index (κ2) is 6.67. The molecule has 0 aliphatic rings. The fourth-order valence-corrected chi connectivity index (χ4v) is 1.91. The van der Waals surface area contributed by atoms with Crippen LogP contribution in [0.4, 0.5) is 0 Å². The SMILES string of the molecule is CCCn1c(=O)[nH]c(=O)c2c1nnn2CCN(C)C.Cl. The smallest absolute Gasteiger partial charge is 0.308 e. The molecule has 0 atom stereocenters. The van der Waals surface area contributed by atoms with E-state index in [0.717, 1.165) is 13.0 Å². The van der Waals surface area contributed by atoms with Crippen LogP contribution >= 0.6 is 12.4 Å². The molecule has 2 rings (SSSR count). The van der Waals surface area contributed by atoms with E-state index in [1.165, 1.54) is 4.57 Å². The van der Waals surface area contributed by atoms with Gasteiger partial charge in [0.25, 0.3) is 5.56 Å². The van der Waals surface area contributed by atoms with Crippen LogP contribution in [0.2, 0.25) is 0 Å². The second-order valence-corrected chi connectivity index (χ2v) is 4.70. The van der Waals surface area contributed by atoms with Crippen molar-refractivity contribution in [1.82, 2.24) is 29.4 Å². The van der Waals surface area contributed by atoms with Crippen molar-refractivity contribution >= 4 is 23.6 Å². The van der Waals surface area contributed by atoms with Crippen molar-refractivity contribution in [2.45, 2.75) is 26.4 Å². The number of rotatable bonds is 5. The Morgan fingerprint density at radius 1 is 1.25 bits per heavy atom. The van der Waals surface area contributed by atoms with Gasteiger partial charge >= 0.3 is 5.69 Å². The molecule has 0 radical (unpaired) electrons. The minimum atomic E-state index is -0.434. The Bertz CT molecular complexity index is 686. The third-order valence-corrected chi connectivity index (χ3v) is 2.86. The summed E-state index contributed by atoms with van der Waals surface area (Å²) in [6.45, 7) is 3.76. The molecule has 8 nitrogen and oxygen atoms in total. The lowest BCUT2D eigenvalue weighted by Gasteiger charge is -2.09. The molecule has 0 aliphatic heterocycles. The largest absolute Gasteiger partial charge is 0.330 e. The van der Waals surface area contributed by atoms with Crippen molar-refractivity contribution in [3.63, 3.8) is 0 Å². The molecular formula is C11H19ClN6O2. The number of aromatic nitrogens is 5. The number of aromatic amines is 1. The summed E-state index contributed by atoms with van der Waals surface area (Å²) in [5.41, 5.74) is -0.153. The van der Waals surface area contributed by atoms with E-state index in [2.05, 4.69) is 15.3 Å². The number of hydrogen-bond donors (Lipinski definition) is 1. The Kier molecular flexibility index (Phi) is 5.46.